The van der Waals surface area contributed by atoms with Crippen LogP contribution in [0.25, 0.3) is 33.0 Å². The molecule has 6 aliphatic carbocycles. The van der Waals surface area contributed by atoms with Crippen molar-refractivity contribution in [3.05, 3.63) is 81.6 Å². The summed E-state index contributed by atoms with van der Waals surface area (Å²) in [4.78, 5) is 3.02. The Balaban J connectivity index is 0.000000158. The number of fused-ring (bicyclic) bond motifs is 4. The Kier molecular flexibility index (Phi) is 11.9. The topological polar surface area (TPSA) is 169 Å². The molecular weight excluding hydrogens is 819 g/mol. The van der Waals surface area contributed by atoms with E-state index in [2.05, 4.69) is 40.4 Å². The number of hydrogen-bond acceptors (Lipinski definition) is 10. The molecule has 0 saturated heterocycles. The molecule has 0 amide bonds. The number of aromatic nitrogens is 2. The minimum absolute atomic E-state index is 0.0811. The number of hydrogen-bond donors (Lipinski definition) is 3. The van der Waals surface area contributed by atoms with Crippen LogP contribution in [-0.2, 0) is 13.1 Å². The third-order valence-corrected chi connectivity index (χ3v) is 13.8. The van der Waals surface area contributed by atoms with Crippen molar-refractivity contribution in [2.45, 2.75) is 139 Å². The van der Waals surface area contributed by atoms with Crippen LogP contribution in [0.3, 0.4) is 0 Å². The molecule has 4 atom stereocenters. The van der Waals surface area contributed by atoms with Crippen molar-refractivity contribution in [2.24, 2.45) is 34.5 Å². The number of halogens is 6. The fourth-order valence-corrected chi connectivity index (χ4v) is 10.6. The lowest BCUT2D eigenvalue weighted by Gasteiger charge is -2.33. The molecule has 4 N–H and O–H groups in total. The first-order chi connectivity index (χ1) is 29.8. The Labute approximate surface area is 354 Å². The molecule has 18 heteroatoms. The van der Waals surface area contributed by atoms with Gasteiger partial charge in [0.15, 0.2) is 0 Å². The Bertz CT molecular complexity index is 2220. The maximum Gasteiger partial charge on any atom is 0.573 e. The van der Waals surface area contributed by atoms with E-state index in [1.54, 1.807) is 24.3 Å². The van der Waals surface area contributed by atoms with Crippen LogP contribution in [0.2, 0.25) is 0 Å². The first-order valence-electron chi connectivity index (χ1n) is 21.8. The van der Waals surface area contributed by atoms with Crippen molar-refractivity contribution in [1.82, 2.24) is 20.9 Å². The van der Waals surface area contributed by atoms with Gasteiger partial charge in [0.1, 0.15) is 34.4 Å². The van der Waals surface area contributed by atoms with Gasteiger partial charge in [-0.25, -0.2) is 0 Å². The zero-order valence-electron chi connectivity index (χ0n) is 34.0. The number of azide groups is 1. The third-order valence-electron chi connectivity index (χ3n) is 13.8. The fraction of sp³-hybridized carbons (Fsp3) is 0.591. The SMILES string of the molecule is NC1C2CCC1CC(NCc1c(-c3ccccc3OC(F)(F)F)noc1C1CC1)C2.[N-]=[N+]=NC1C2CCC1CC(NCc1c(-c3ccccc3OC(F)(F)F)noc1C1CC1)C2. The fourth-order valence-electron chi connectivity index (χ4n) is 10.6. The Morgan fingerprint density at radius 2 is 1.05 bits per heavy atom. The summed E-state index contributed by atoms with van der Waals surface area (Å²) < 4.78 is 97.2. The van der Waals surface area contributed by atoms with Gasteiger partial charge in [-0.15, -0.1) is 26.3 Å². The van der Waals surface area contributed by atoms with E-state index in [0.717, 1.165) is 86.9 Å². The highest BCUT2D eigenvalue weighted by molar-refractivity contribution is 5.71. The summed E-state index contributed by atoms with van der Waals surface area (Å²) in [6.45, 7) is 0.978. The predicted octanol–water partition coefficient (Wildman–Crippen LogP) is 10.8. The molecule has 6 aliphatic rings. The molecule has 6 fully saturated rings. The molecule has 4 aromatic rings. The molecule has 4 bridgehead atoms. The molecule has 2 heterocycles. The monoisotopic (exact) mass is 868 g/mol. The summed E-state index contributed by atoms with van der Waals surface area (Å²) in [5, 5.41) is 19.6. The first-order valence-corrected chi connectivity index (χ1v) is 21.8. The van der Waals surface area contributed by atoms with Crippen LogP contribution in [-0.4, -0.2) is 47.2 Å². The van der Waals surface area contributed by atoms with Crippen LogP contribution in [0.5, 0.6) is 11.5 Å². The number of ether oxygens (including phenoxy) is 2. The Hall–Kier alpha value is -4.77. The van der Waals surface area contributed by atoms with Crippen LogP contribution < -0.4 is 25.8 Å². The van der Waals surface area contributed by atoms with Gasteiger partial charge in [-0.2, -0.15) is 0 Å². The highest BCUT2D eigenvalue weighted by Gasteiger charge is 2.44. The lowest BCUT2D eigenvalue weighted by Crippen LogP contribution is -2.44. The molecule has 2 aromatic heterocycles. The molecule has 62 heavy (non-hydrogen) atoms. The highest BCUT2D eigenvalue weighted by atomic mass is 19.4. The number of alkyl halides is 6. The number of nitrogens with zero attached hydrogens (tertiary/aromatic N) is 5. The summed E-state index contributed by atoms with van der Waals surface area (Å²) in [6.07, 6.45) is 2.93. The number of para-hydroxylation sites is 2. The first kappa shape index (κ1) is 42.5. The second-order valence-corrected chi connectivity index (χ2v) is 18.0. The molecular formula is C44H50F6N8O4. The number of benzene rings is 2. The second-order valence-electron chi connectivity index (χ2n) is 18.0. The molecule has 0 aliphatic heterocycles. The van der Waals surface area contributed by atoms with E-state index in [-0.39, 0.29) is 35.1 Å². The van der Waals surface area contributed by atoms with Gasteiger partial charge in [0.2, 0.25) is 0 Å². The molecule has 12 nitrogen and oxygen atoms in total. The zero-order valence-corrected chi connectivity index (χ0v) is 34.0. The lowest BCUT2D eigenvalue weighted by molar-refractivity contribution is -0.275. The Morgan fingerprint density at radius 1 is 0.645 bits per heavy atom. The number of nitrogens with one attached hydrogen (secondary N) is 2. The summed E-state index contributed by atoms with van der Waals surface area (Å²) in [5.74, 6) is 3.44. The van der Waals surface area contributed by atoms with Gasteiger partial charge in [0.05, 0.1) is 0 Å². The van der Waals surface area contributed by atoms with Crippen LogP contribution in [0.1, 0.15) is 112 Å². The van der Waals surface area contributed by atoms with E-state index in [1.165, 1.54) is 37.1 Å². The van der Waals surface area contributed by atoms with Gasteiger partial charge in [0.25, 0.3) is 0 Å². The van der Waals surface area contributed by atoms with Crippen LogP contribution in [0.15, 0.2) is 62.7 Å². The normalized spacial score (nSPS) is 27.9. The molecule has 332 valence electrons. The molecule has 4 unspecified atom stereocenters. The average Bonchev–Trinajstić information content (AvgIpc) is 4.14. The molecule has 0 radical (unpaired) electrons. The second kappa shape index (κ2) is 17.4. The number of nitrogens with two attached hydrogens (primary N) is 1. The maximum absolute atomic E-state index is 12.9. The average molecular weight is 869 g/mol. The van der Waals surface area contributed by atoms with Crippen molar-refractivity contribution in [3.8, 4) is 34.0 Å². The van der Waals surface area contributed by atoms with Gasteiger partial charge in [-0.1, -0.05) is 39.7 Å². The summed E-state index contributed by atoms with van der Waals surface area (Å²) in [6, 6.07) is 13.1. The molecule has 6 saturated carbocycles. The highest BCUT2D eigenvalue weighted by Crippen LogP contribution is 2.49. The zero-order chi connectivity index (χ0) is 43.2. The van der Waals surface area contributed by atoms with Gasteiger partial charge in [-0.3, -0.25) is 0 Å². The smallest absolute Gasteiger partial charge is 0.405 e. The van der Waals surface area contributed by atoms with Crippen molar-refractivity contribution >= 4 is 0 Å². The third kappa shape index (κ3) is 9.58. The van der Waals surface area contributed by atoms with E-state index in [1.807, 2.05) is 0 Å². The van der Waals surface area contributed by atoms with E-state index in [4.69, 9.17) is 20.3 Å². The number of rotatable bonds is 13. The van der Waals surface area contributed by atoms with E-state index in [9.17, 15) is 26.3 Å². The predicted molar refractivity (Wildman–Crippen MR) is 214 cm³/mol. The van der Waals surface area contributed by atoms with Gasteiger partial charge in [0, 0.05) is 76.3 Å². The van der Waals surface area contributed by atoms with Gasteiger partial charge in [-0.05, 0) is 131 Å². The quantitative estimate of drug-likeness (QED) is 0.0512. The summed E-state index contributed by atoms with van der Waals surface area (Å²) in [7, 11) is 0. The summed E-state index contributed by atoms with van der Waals surface area (Å²) >= 11 is 0. The van der Waals surface area contributed by atoms with E-state index >= 15 is 0 Å². The van der Waals surface area contributed by atoms with E-state index < -0.39 is 12.7 Å². The van der Waals surface area contributed by atoms with Gasteiger partial charge < -0.3 is 34.9 Å². The minimum atomic E-state index is -4.79. The van der Waals surface area contributed by atoms with Crippen molar-refractivity contribution in [3.63, 3.8) is 0 Å². The van der Waals surface area contributed by atoms with Gasteiger partial charge >= 0.3 is 12.7 Å². The largest absolute Gasteiger partial charge is 0.573 e. The lowest BCUT2D eigenvalue weighted by atomic mass is 9.81. The minimum Gasteiger partial charge on any atom is -0.405 e. The Morgan fingerprint density at radius 3 is 1.45 bits per heavy atom. The summed E-state index contributed by atoms with van der Waals surface area (Å²) in [5.41, 5.74) is 18.2. The molecule has 2 aromatic carbocycles. The van der Waals surface area contributed by atoms with Crippen molar-refractivity contribution in [2.75, 3.05) is 0 Å². The molecule has 10 rings (SSSR count). The van der Waals surface area contributed by atoms with Crippen LogP contribution >= 0.6 is 0 Å². The van der Waals surface area contributed by atoms with Crippen LogP contribution in [0, 0.1) is 23.7 Å². The standard InChI is InChI=1S/C22H24F3N5O2.C22H26F3N3O2/c23-22(24,25)31-18-4-2-1-3-16(18)20-17(21(32-29-20)12-5-6-12)11-27-15-9-13-7-8-14(10-15)19(13)28-30-26;23-22(24,25)29-18-4-2-1-3-16(18)20-17(21(30-28-20)12-5-6-12)11-27-15-9-13-7-8-14(10-15)19(13)26/h1-4,12-15,19,27H,5-11H2;1-4,12-15,19,27H,5-11,26H2. The van der Waals surface area contributed by atoms with E-state index in [0.29, 0.717) is 71.7 Å². The van der Waals surface area contributed by atoms with Crippen molar-refractivity contribution in [1.29, 1.82) is 0 Å². The van der Waals surface area contributed by atoms with Crippen LogP contribution in [0.4, 0.5) is 26.3 Å². The molecule has 0 spiro atoms. The maximum atomic E-state index is 12.9. The van der Waals surface area contributed by atoms with Crippen molar-refractivity contribution < 1.29 is 44.9 Å².